The first-order valence-electron chi connectivity index (χ1n) is 5.03. The molecule has 1 N–H and O–H groups in total. The molecule has 3 heteroatoms. The minimum atomic E-state index is -0.683. The summed E-state index contributed by atoms with van der Waals surface area (Å²) in [5.74, 6) is 0.0880. The van der Waals surface area contributed by atoms with E-state index < -0.39 is 5.97 Å². The van der Waals surface area contributed by atoms with E-state index in [-0.39, 0.29) is 0 Å². The molecular weight excluding hydrogens is 168 g/mol. The van der Waals surface area contributed by atoms with Crippen molar-refractivity contribution in [3.8, 4) is 0 Å². The molecule has 1 fully saturated rings. The zero-order chi connectivity index (χ0) is 9.68. The van der Waals surface area contributed by atoms with Crippen LogP contribution in [0.2, 0.25) is 0 Å². The van der Waals surface area contributed by atoms with Crippen LogP contribution >= 0.6 is 0 Å². The summed E-state index contributed by atoms with van der Waals surface area (Å²) in [5, 5.41) is 8.70. The van der Waals surface area contributed by atoms with Crippen molar-refractivity contribution < 1.29 is 14.6 Å². The summed E-state index contributed by atoms with van der Waals surface area (Å²) in [6.07, 6.45) is 3.46. The molecule has 1 rings (SSSR count). The van der Waals surface area contributed by atoms with Gasteiger partial charge >= 0.3 is 5.97 Å². The van der Waals surface area contributed by atoms with Gasteiger partial charge in [0, 0.05) is 19.6 Å². The van der Waals surface area contributed by atoms with Gasteiger partial charge in [0.2, 0.25) is 0 Å². The van der Waals surface area contributed by atoms with Gasteiger partial charge in [-0.2, -0.15) is 0 Å². The molecule has 0 aromatic carbocycles. The van der Waals surface area contributed by atoms with Crippen LogP contribution in [0.15, 0.2) is 0 Å². The zero-order valence-corrected chi connectivity index (χ0v) is 8.16. The number of aliphatic carboxylic acids is 1. The molecule has 76 valence electrons. The first-order chi connectivity index (χ1) is 6.24. The summed E-state index contributed by atoms with van der Waals surface area (Å²) in [4.78, 5) is 10.6. The average Bonchev–Trinajstić information content (AvgIpc) is 2.15. The van der Waals surface area contributed by atoms with Gasteiger partial charge in [0.1, 0.15) is 0 Å². The molecule has 0 aliphatic carbocycles. The lowest BCUT2D eigenvalue weighted by Gasteiger charge is -2.28. The maximum absolute atomic E-state index is 10.6. The van der Waals surface area contributed by atoms with Crippen LogP contribution in [0.25, 0.3) is 0 Å². The Morgan fingerprint density at radius 2 is 2.46 bits per heavy atom. The van der Waals surface area contributed by atoms with Gasteiger partial charge in [-0.25, -0.2) is 0 Å². The summed E-state index contributed by atoms with van der Waals surface area (Å²) in [6.45, 7) is 3.66. The van der Waals surface area contributed by atoms with Gasteiger partial charge in [0.15, 0.2) is 0 Å². The van der Waals surface area contributed by atoms with Crippen LogP contribution in [0.4, 0.5) is 0 Å². The van der Waals surface area contributed by atoms with Crippen LogP contribution in [0.5, 0.6) is 0 Å². The molecule has 2 atom stereocenters. The molecule has 0 aromatic rings. The standard InChI is InChI=1S/C10H18O3/c1-2-8(6-10(11)12)9-4-3-5-13-7-9/h8-9H,2-7H2,1H3,(H,11,12). The Morgan fingerprint density at radius 3 is 2.92 bits per heavy atom. The molecule has 2 unspecified atom stereocenters. The van der Waals surface area contributed by atoms with Crippen LogP contribution in [0.3, 0.4) is 0 Å². The Labute approximate surface area is 79.1 Å². The van der Waals surface area contributed by atoms with E-state index in [2.05, 4.69) is 6.92 Å². The van der Waals surface area contributed by atoms with Crippen molar-refractivity contribution in [2.75, 3.05) is 13.2 Å². The lowest BCUT2D eigenvalue weighted by atomic mass is 9.84. The number of carbonyl (C=O) groups is 1. The lowest BCUT2D eigenvalue weighted by Crippen LogP contribution is -2.26. The van der Waals surface area contributed by atoms with Crippen molar-refractivity contribution in [3.63, 3.8) is 0 Å². The molecule has 0 spiro atoms. The van der Waals surface area contributed by atoms with Crippen molar-refractivity contribution in [1.29, 1.82) is 0 Å². The maximum atomic E-state index is 10.6. The second-order valence-corrected chi connectivity index (χ2v) is 3.74. The molecule has 0 radical (unpaired) electrons. The second kappa shape index (κ2) is 5.22. The van der Waals surface area contributed by atoms with Gasteiger partial charge < -0.3 is 9.84 Å². The quantitative estimate of drug-likeness (QED) is 0.729. The van der Waals surface area contributed by atoms with Gasteiger partial charge in [0.05, 0.1) is 0 Å². The van der Waals surface area contributed by atoms with Gasteiger partial charge in [-0.1, -0.05) is 13.3 Å². The Morgan fingerprint density at radius 1 is 1.69 bits per heavy atom. The minimum Gasteiger partial charge on any atom is -0.481 e. The van der Waals surface area contributed by atoms with Crippen LogP contribution in [-0.2, 0) is 9.53 Å². The van der Waals surface area contributed by atoms with Gasteiger partial charge in [0.25, 0.3) is 0 Å². The van der Waals surface area contributed by atoms with E-state index in [0.717, 1.165) is 32.5 Å². The van der Waals surface area contributed by atoms with Crippen molar-refractivity contribution in [1.82, 2.24) is 0 Å². The highest BCUT2D eigenvalue weighted by molar-refractivity contribution is 5.67. The smallest absolute Gasteiger partial charge is 0.303 e. The lowest BCUT2D eigenvalue weighted by molar-refractivity contribution is -0.139. The van der Waals surface area contributed by atoms with E-state index in [4.69, 9.17) is 9.84 Å². The minimum absolute atomic E-state index is 0.296. The molecule has 1 aliphatic rings. The largest absolute Gasteiger partial charge is 0.481 e. The van der Waals surface area contributed by atoms with Gasteiger partial charge in [-0.15, -0.1) is 0 Å². The number of carboxylic acid groups (broad SMARTS) is 1. The Kier molecular flexibility index (Phi) is 4.22. The van der Waals surface area contributed by atoms with E-state index in [1.54, 1.807) is 0 Å². The van der Waals surface area contributed by atoms with Gasteiger partial charge in [-0.3, -0.25) is 4.79 Å². The summed E-state index contributed by atoms with van der Waals surface area (Å²) in [6, 6.07) is 0. The van der Waals surface area contributed by atoms with Crippen LogP contribution < -0.4 is 0 Å². The van der Waals surface area contributed by atoms with Crippen LogP contribution in [-0.4, -0.2) is 24.3 Å². The third-order valence-corrected chi connectivity index (χ3v) is 2.82. The fraction of sp³-hybridized carbons (Fsp3) is 0.900. The summed E-state index contributed by atoms with van der Waals surface area (Å²) in [7, 11) is 0. The number of carboxylic acids is 1. The molecule has 0 saturated carbocycles. The summed E-state index contributed by atoms with van der Waals surface area (Å²) >= 11 is 0. The molecule has 1 heterocycles. The predicted octanol–water partition coefficient (Wildman–Crippen LogP) is 1.91. The number of ether oxygens (including phenoxy) is 1. The fourth-order valence-electron chi connectivity index (χ4n) is 2.01. The molecular formula is C10H18O3. The Bertz CT molecular complexity index is 162. The normalized spacial score (nSPS) is 25.5. The third kappa shape index (κ3) is 3.35. The van der Waals surface area contributed by atoms with Crippen LogP contribution in [0, 0.1) is 11.8 Å². The third-order valence-electron chi connectivity index (χ3n) is 2.82. The molecule has 0 amide bonds. The fourth-order valence-corrected chi connectivity index (χ4v) is 2.01. The number of rotatable bonds is 4. The SMILES string of the molecule is CCC(CC(=O)O)C1CCCOC1. The predicted molar refractivity (Wildman–Crippen MR) is 49.6 cm³/mol. The van der Waals surface area contributed by atoms with E-state index >= 15 is 0 Å². The maximum Gasteiger partial charge on any atom is 0.303 e. The number of hydrogen-bond acceptors (Lipinski definition) is 2. The highest BCUT2D eigenvalue weighted by atomic mass is 16.5. The van der Waals surface area contributed by atoms with Crippen molar-refractivity contribution in [3.05, 3.63) is 0 Å². The van der Waals surface area contributed by atoms with E-state index in [1.807, 2.05) is 0 Å². The average molecular weight is 186 g/mol. The summed E-state index contributed by atoms with van der Waals surface area (Å²) < 4.78 is 5.35. The molecule has 1 saturated heterocycles. The first-order valence-corrected chi connectivity index (χ1v) is 5.03. The topological polar surface area (TPSA) is 46.5 Å². The zero-order valence-electron chi connectivity index (χ0n) is 8.16. The Hall–Kier alpha value is -0.570. The molecule has 0 bridgehead atoms. The summed E-state index contributed by atoms with van der Waals surface area (Å²) in [5.41, 5.74) is 0. The van der Waals surface area contributed by atoms with Crippen molar-refractivity contribution >= 4 is 5.97 Å². The van der Waals surface area contributed by atoms with Crippen LogP contribution in [0.1, 0.15) is 32.6 Å². The molecule has 0 aromatic heterocycles. The van der Waals surface area contributed by atoms with Gasteiger partial charge in [-0.05, 0) is 24.7 Å². The molecule has 3 nitrogen and oxygen atoms in total. The second-order valence-electron chi connectivity index (χ2n) is 3.74. The molecule has 1 aliphatic heterocycles. The highest BCUT2D eigenvalue weighted by Crippen LogP contribution is 2.27. The van der Waals surface area contributed by atoms with E-state index in [1.165, 1.54) is 0 Å². The molecule has 13 heavy (non-hydrogen) atoms. The van der Waals surface area contributed by atoms with Crippen molar-refractivity contribution in [2.24, 2.45) is 11.8 Å². The first kappa shape index (κ1) is 10.5. The highest BCUT2D eigenvalue weighted by Gasteiger charge is 2.24. The van der Waals surface area contributed by atoms with E-state index in [9.17, 15) is 4.79 Å². The monoisotopic (exact) mass is 186 g/mol. The Balaban J connectivity index is 2.39. The van der Waals surface area contributed by atoms with Crippen molar-refractivity contribution in [2.45, 2.75) is 32.6 Å². The van der Waals surface area contributed by atoms with E-state index in [0.29, 0.717) is 18.3 Å². The number of hydrogen-bond donors (Lipinski definition) is 1.